The zero-order chi connectivity index (χ0) is 15.5. The third-order valence-corrected chi connectivity index (χ3v) is 4.55. The molecule has 0 aromatic heterocycles. The molecular weight excluding hydrogens is 274 g/mol. The molecule has 0 bridgehead atoms. The molecule has 0 aliphatic carbocycles. The molecule has 1 aromatic rings. The summed E-state index contributed by atoms with van der Waals surface area (Å²) in [7, 11) is 0. The van der Waals surface area contributed by atoms with Gasteiger partial charge in [0.2, 0.25) is 0 Å². The standard InChI is InChI=1S/C18H23N3O/c1-4-20-16-7-9-21(12-17(16)19-3)13(2)15-6-5-14-8-10-22-18(14)11-15/h4-6,11,13H,3,7-10,12H2,1-2H3. The molecule has 1 unspecified atom stereocenters. The van der Waals surface area contributed by atoms with Crippen molar-refractivity contribution in [2.45, 2.75) is 32.7 Å². The summed E-state index contributed by atoms with van der Waals surface area (Å²) in [4.78, 5) is 11.0. The summed E-state index contributed by atoms with van der Waals surface area (Å²) < 4.78 is 5.69. The summed E-state index contributed by atoms with van der Waals surface area (Å²) in [5, 5.41) is 0. The number of ether oxygens (including phenoxy) is 1. The Labute approximate surface area is 132 Å². The normalized spacial score (nSPS) is 20.1. The Morgan fingerprint density at radius 3 is 2.95 bits per heavy atom. The molecule has 0 fully saturated rings. The number of aliphatic imine (C=N–C) groups is 2. The highest BCUT2D eigenvalue weighted by Gasteiger charge is 2.24. The zero-order valence-corrected chi connectivity index (χ0v) is 13.4. The van der Waals surface area contributed by atoms with Crippen LogP contribution < -0.4 is 4.74 Å². The van der Waals surface area contributed by atoms with Crippen molar-refractivity contribution in [2.24, 2.45) is 9.98 Å². The molecule has 0 spiro atoms. The molecule has 3 rings (SSSR count). The third-order valence-electron chi connectivity index (χ3n) is 4.55. The molecule has 1 atom stereocenters. The Hall–Kier alpha value is -1.94. The van der Waals surface area contributed by atoms with Crippen LogP contribution in [0.3, 0.4) is 0 Å². The smallest absolute Gasteiger partial charge is 0.122 e. The number of fused-ring (bicyclic) bond motifs is 1. The van der Waals surface area contributed by atoms with Crippen LogP contribution in [-0.2, 0) is 6.42 Å². The molecule has 2 aliphatic heterocycles. The Balaban J connectivity index is 1.79. The van der Waals surface area contributed by atoms with Gasteiger partial charge in [-0.05, 0) is 37.8 Å². The summed E-state index contributed by atoms with van der Waals surface area (Å²) >= 11 is 0. The quantitative estimate of drug-likeness (QED) is 0.799. The maximum Gasteiger partial charge on any atom is 0.122 e. The highest BCUT2D eigenvalue weighted by Crippen LogP contribution is 2.32. The van der Waals surface area contributed by atoms with Crippen LogP contribution in [0.2, 0.25) is 0 Å². The van der Waals surface area contributed by atoms with Crippen LogP contribution in [0.15, 0.2) is 39.6 Å². The van der Waals surface area contributed by atoms with Crippen LogP contribution >= 0.6 is 0 Å². The largest absolute Gasteiger partial charge is 0.493 e. The van der Waals surface area contributed by atoms with Gasteiger partial charge < -0.3 is 4.74 Å². The fraction of sp³-hybridized carbons (Fsp3) is 0.444. The number of rotatable bonds is 4. The van der Waals surface area contributed by atoms with Gasteiger partial charge in [-0.15, -0.1) is 0 Å². The lowest BCUT2D eigenvalue weighted by molar-refractivity contribution is 0.218. The first-order valence-electron chi connectivity index (χ1n) is 7.90. The Kier molecular flexibility index (Phi) is 4.39. The average molecular weight is 297 g/mol. The van der Waals surface area contributed by atoms with Crippen LogP contribution in [0.5, 0.6) is 5.75 Å². The van der Waals surface area contributed by atoms with E-state index in [0.29, 0.717) is 6.04 Å². The monoisotopic (exact) mass is 297 g/mol. The van der Waals surface area contributed by atoms with Crippen molar-refractivity contribution in [3.05, 3.63) is 40.7 Å². The van der Waals surface area contributed by atoms with Gasteiger partial charge >= 0.3 is 0 Å². The average Bonchev–Trinajstić information content (AvgIpc) is 3.02. The molecule has 4 nitrogen and oxygen atoms in total. The first-order valence-corrected chi connectivity index (χ1v) is 7.90. The maximum absolute atomic E-state index is 5.69. The molecule has 22 heavy (non-hydrogen) atoms. The molecule has 1 aromatic carbocycles. The number of hydrogen-bond acceptors (Lipinski definition) is 4. The van der Waals surface area contributed by atoms with Crippen LogP contribution in [-0.4, -0.2) is 37.5 Å². The van der Waals surface area contributed by atoms with E-state index >= 15 is 0 Å². The second-order valence-corrected chi connectivity index (χ2v) is 5.80. The summed E-state index contributed by atoms with van der Waals surface area (Å²) in [5.41, 5.74) is 4.68. The van der Waals surface area contributed by atoms with Crippen LogP contribution in [0.4, 0.5) is 0 Å². The molecule has 4 heteroatoms. The number of hydrogen-bond donors (Lipinski definition) is 0. The van der Waals surface area contributed by atoms with E-state index in [0.717, 1.165) is 49.7 Å². The Morgan fingerprint density at radius 1 is 1.32 bits per heavy atom. The van der Waals surface area contributed by atoms with Crippen LogP contribution in [0.1, 0.15) is 37.4 Å². The van der Waals surface area contributed by atoms with Gasteiger partial charge in [-0.1, -0.05) is 12.1 Å². The van der Waals surface area contributed by atoms with E-state index in [2.05, 4.69) is 46.7 Å². The van der Waals surface area contributed by atoms with Gasteiger partial charge in [0.1, 0.15) is 5.75 Å². The maximum atomic E-state index is 5.69. The topological polar surface area (TPSA) is 37.2 Å². The van der Waals surface area contributed by atoms with Crippen molar-refractivity contribution in [3.8, 4) is 5.75 Å². The van der Waals surface area contributed by atoms with Gasteiger partial charge in [-0.25, -0.2) is 0 Å². The van der Waals surface area contributed by atoms with Crippen molar-refractivity contribution in [3.63, 3.8) is 0 Å². The molecule has 0 radical (unpaired) electrons. The third kappa shape index (κ3) is 2.83. The fourth-order valence-corrected chi connectivity index (χ4v) is 3.18. The summed E-state index contributed by atoms with van der Waals surface area (Å²) in [6, 6.07) is 6.95. The molecule has 0 saturated carbocycles. The minimum atomic E-state index is 0.332. The summed E-state index contributed by atoms with van der Waals surface area (Å²) in [5.74, 6) is 1.05. The van der Waals surface area contributed by atoms with Gasteiger partial charge in [0, 0.05) is 38.2 Å². The summed E-state index contributed by atoms with van der Waals surface area (Å²) in [6.07, 6.45) is 3.78. The molecular formula is C18H23N3O. The van der Waals surface area contributed by atoms with Gasteiger partial charge in [0.25, 0.3) is 0 Å². The molecule has 116 valence electrons. The van der Waals surface area contributed by atoms with Crippen molar-refractivity contribution >= 4 is 12.9 Å². The van der Waals surface area contributed by atoms with Crippen molar-refractivity contribution in [1.29, 1.82) is 0 Å². The molecule has 0 amide bonds. The van der Waals surface area contributed by atoms with Crippen molar-refractivity contribution < 1.29 is 4.74 Å². The van der Waals surface area contributed by atoms with Gasteiger partial charge in [-0.3, -0.25) is 14.9 Å². The lowest BCUT2D eigenvalue weighted by Crippen LogP contribution is -2.33. The lowest BCUT2D eigenvalue weighted by Gasteiger charge is -2.33. The predicted octanol–water partition coefficient (Wildman–Crippen LogP) is 3.39. The zero-order valence-electron chi connectivity index (χ0n) is 13.4. The Bertz CT molecular complexity index is 633. The minimum absolute atomic E-state index is 0.332. The van der Waals surface area contributed by atoms with Gasteiger partial charge in [0.15, 0.2) is 0 Å². The van der Waals surface area contributed by atoms with E-state index in [4.69, 9.17) is 4.74 Å². The van der Waals surface area contributed by atoms with Gasteiger partial charge in [-0.2, -0.15) is 0 Å². The number of benzene rings is 1. The predicted molar refractivity (Wildman–Crippen MR) is 91.0 cm³/mol. The van der Waals surface area contributed by atoms with Crippen molar-refractivity contribution in [1.82, 2.24) is 4.90 Å². The second kappa shape index (κ2) is 6.44. The molecule has 2 aliphatic rings. The summed E-state index contributed by atoms with van der Waals surface area (Å²) in [6.45, 7) is 10.5. The Morgan fingerprint density at radius 2 is 2.18 bits per heavy atom. The highest BCUT2D eigenvalue weighted by molar-refractivity contribution is 5.56. The van der Waals surface area contributed by atoms with Crippen LogP contribution in [0, 0.1) is 0 Å². The van der Waals surface area contributed by atoms with E-state index in [9.17, 15) is 0 Å². The number of nitrogens with zero attached hydrogens (tertiary/aromatic N) is 3. The van der Waals surface area contributed by atoms with E-state index in [1.165, 1.54) is 11.1 Å². The van der Waals surface area contributed by atoms with E-state index in [1.54, 1.807) is 0 Å². The molecule has 0 N–H and O–H groups in total. The van der Waals surface area contributed by atoms with Crippen molar-refractivity contribution in [2.75, 3.05) is 19.7 Å². The SMILES string of the molecule is C=NC1=C(N=CC)CCN(C(C)c2ccc3c(c2)OCC3)C1. The minimum Gasteiger partial charge on any atom is -0.493 e. The molecule has 0 saturated heterocycles. The molecule has 2 heterocycles. The second-order valence-electron chi connectivity index (χ2n) is 5.80. The van der Waals surface area contributed by atoms with E-state index < -0.39 is 0 Å². The van der Waals surface area contributed by atoms with Crippen LogP contribution in [0.25, 0.3) is 0 Å². The van der Waals surface area contributed by atoms with E-state index in [-0.39, 0.29) is 0 Å². The fourth-order valence-electron chi connectivity index (χ4n) is 3.18. The lowest BCUT2D eigenvalue weighted by atomic mass is 10.0. The van der Waals surface area contributed by atoms with E-state index in [1.807, 2.05) is 13.1 Å². The highest BCUT2D eigenvalue weighted by atomic mass is 16.5. The van der Waals surface area contributed by atoms with Gasteiger partial charge in [0.05, 0.1) is 18.0 Å². The first-order chi connectivity index (χ1) is 10.7. The first kappa shape index (κ1) is 15.0.